The molecule has 0 bridgehead atoms. The van der Waals surface area contributed by atoms with Gasteiger partial charge in [-0.2, -0.15) is 0 Å². The van der Waals surface area contributed by atoms with Gasteiger partial charge in [-0.25, -0.2) is 4.98 Å². The van der Waals surface area contributed by atoms with Crippen molar-refractivity contribution >= 4 is 62.2 Å². The minimum Gasteiger partial charge on any atom is -0.326 e. The number of amides is 2. The zero-order valence-corrected chi connectivity index (χ0v) is 18.3. The number of anilines is 2. The number of nitrogens with one attached hydrogen (secondary N) is 2. The van der Waals surface area contributed by atoms with Crippen LogP contribution in [-0.4, -0.2) is 22.6 Å². The Morgan fingerprint density at radius 2 is 1.82 bits per heavy atom. The van der Waals surface area contributed by atoms with Crippen molar-refractivity contribution in [2.24, 2.45) is 0 Å². The monoisotopic (exact) mass is 475 g/mol. The smallest absolute Gasteiger partial charge is 0.234 e. The molecule has 3 aromatic rings. The lowest BCUT2D eigenvalue weighted by atomic mass is 10.2. The van der Waals surface area contributed by atoms with Gasteiger partial charge in [0.05, 0.1) is 17.9 Å². The molecule has 0 saturated heterocycles. The molecule has 28 heavy (non-hydrogen) atoms. The largest absolute Gasteiger partial charge is 0.326 e. The average Bonchev–Trinajstić information content (AvgIpc) is 3.09. The lowest BCUT2D eigenvalue weighted by Gasteiger charge is -2.04. The summed E-state index contributed by atoms with van der Waals surface area (Å²) in [5.41, 5.74) is 3.35. The summed E-state index contributed by atoms with van der Waals surface area (Å²) in [6.45, 7) is 2.00. The number of hydrogen-bond donors (Lipinski definition) is 2. The van der Waals surface area contributed by atoms with E-state index in [0.717, 1.165) is 25.8 Å². The Bertz CT molecular complexity index is 974. The number of benzene rings is 2. The molecule has 1 heterocycles. The van der Waals surface area contributed by atoms with Crippen LogP contribution in [0.15, 0.2) is 62.7 Å². The number of aromatic nitrogens is 1. The van der Waals surface area contributed by atoms with Gasteiger partial charge in [0.25, 0.3) is 0 Å². The number of nitrogens with zero attached hydrogens (tertiary/aromatic N) is 1. The fraction of sp³-hybridized carbons (Fsp3) is 0.150. The van der Waals surface area contributed by atoms with Gasteiger partial charge in [0.15, 0.2) is 4.34 Å². The van der Waals surface area contributed by atoms with Crippen LogP contribution in [0.5, 0.6) is 0 Å². The summed E-state index contributed by atoms with van der Waals surface area (Å²) in [6, 6.07) is 15.1. The first-order valence-electron chi connectivity index (χ1n) is 8.47. The fourth-order valence-corrected chi connectivity index (χ4v) is 4.38. The number of thioether (sulfide) groups is 1. The molecule has 2 N–H and O–H groups in total. The van der Waals surface area contributed by atoms with Crippen LogP contribution in [0.1, 0.15) is 11.3 Å². The van der Waals surface area contributed by atoms with E-state index in [1.54, 1.807) is 0 Å². The average molecular weight is 476 g/mol. The summed E-state index contributed by atoms with van der Waals surface area (Å²) in [7, 11) is 0. The first-order valence-corrected chi connectivity index (χ1v) is 11.1. The Kier molecular flexibility index (Phi) is 7.24. The molecule has 8 heteroatoms. The van der Waals surface area contributed by atoms with E-state index in [1.165, 1.54) is 23.1 Å². The molecular formula is C20H18BrN3O2S2. The number of aryl methyl sites for hydroxylation is 1. The third-order valence-corrected chi connectivity index (χ3v) is 6.21. The summed E-state index contributed by atoms with van der Waals surface area (Å²) >= 11 is 6.17. The second-order valence-electron chi connectivity index (χ2n) is 6.04. The molecule has 3 rings (SSSR count). The Morgan fingerprint density at radius 1 is 1.07 bits per heavy atom. The van der Waals surface area contributed by atoms with E-state index in [9.17, 15) is 9.59 Å². The molecule has 2 aromatic carbocycles. The summed E-state index contributed by atoms with van der Waals surface area (Å²) in [5.74, 6) is 0.0560. The lowest BCUT2D eigenvalue weighted by molar-refractivity contribution is -0.116. The lowest BCUT2D eigenvalue weighted by Crippen LogP contribution is -2.14. The molecule has 1 aromatic heterocycles. The zero-order chi connectivity index (χ0) is 19.9. The van der Waals surface area contributed by atoms with E-state index in [-0.39, 0.29) is 24.0 Å². The van der Waals surface area contributed by atoms with E-state index in [2.05, 4.69) is 31.5 Å². The van der Waals surface area contributed by atoms with E-state index in [4.69, 9.17) is 0 Å². The maximum absolute atomic E-state index is 12.2. The Labute approximate surface area is 180 Å². The molecule has 0 spiro atoms. The normalized spacial score (nSPS) is 10.5. The number of carbonyl (C=O) groups is 2. The molecule has 5 nitrogen and oxygen atoms in total. The van der Waals surface area contributed by atoms with Gasteiger partial charge in [-0.05, 0) is 37.3 Å². The van der Waals surface area contributed by atoms with Gasteiger partial charge in [-0.1, -0.05) is 51.5 Å². The maximum atomic E-state index is 12.2. The second-order valence-corrected chi connectivity index (χ2v) is 9.04. The van der Waals surface area contributed by atoms with Crippen molar-refractivity contribution in [2.45, 2.75) is 17.7 Å². The van der Waals surface area contributed by atoms with Crippen LogP contribution in [0.4, 0.5) is 11.4 Å². The Hall–Kier alpha value is -2.16. The van der Waals surface area contributed by atoms with Crippen LogP contribution >= 0.6 is 39.0 Å². The molecule has 144 valence electrons. The van der Waals surface area contributed by atoms with Crippen molar-refractivity contribution in [3.8, 4) is 0 Å². The highest BCUT2D eigenvalue weighted by Gasteiger charge is 2.10. The van der Waals surface area contributed by atoms with Crippen molar-refractivity contribution in [2.75, 3.05) is 16.4 Å². The van der Waals surface area contributed by atoms with Gasteiger partial charge in [0.1, 0.15) is 0 Å². The number of halogens is 1. The third kappa shape index (κ3) is 6.47. The summed E-state index contributed by atoms with van der Waals surface area (Å²) in [4.78, 5) is 28.7. The molecule has 0 aliphatic carbocycles. The Morgan fingerprint density at radius 3 is 2.57 bits per heavy atom. The van der Waals surface area contributed by atoms with Crippen molar-refractivity contribution < 1.29 is 9.59 Å². The second kappa shape index (κ2) is 9.86. The summed E-state index contributed by atoms with van der Waals surface area (Å²) in [6.07, 6.45) is 0.194. The van der Waals surface area contributed by atoms with Crippen LogP contribution in [-0.2, 0) is 16.0 Å². The highest BCUT2D eigenvalue weighted by atomic mass is 79.9. The predicted octanol–water partition coefficient (Wildman–Crippen LogP) is 5.13. The Balaban J connectivity index is 1.46. The quantitative estimate of drug-likeness (QED) is 0.464. The van der Waals surface area contributed by atoms with Gasteiger partial charge < -0.3 is 10.6 Å². The molecule has 0 saturated carbocycles. The van der Waals surface area contributed by atoms with Crippen molar-refractivity contribution in [3.05, 3.63) is 69.6 Å². The number of hydrogen-bond acceptors (Lipinski definition) is 5. The number of rotatable bonds is 7. The summed E-state index contributed by atoms with van der Waals surface area (Å²) in [5, 5.41) is 7.55. The van der Waals surface area contributed by atoms with Gasteiger partial charge in [-0.3, -0.25) is 9.59 Å². The third-order valence-electron chi connectivity index (χ3n) is 3.64. The van der Waals surface area contributed by atoms with E-state index in [0.29, 0.717) is 5.69 Å². The molecule has 0 radical (unpaired) electrons. The highest BCUT2D eigenvalue weighted by Crippen LogP contribution is 2.23. The first kappa shape index (κ1) is 20.6. The SMILES string of the molecule is Cc1ccc(NC(=O)CSc2nc(CC(=O)Nc3cccc(Br)c3)cs2)cc1. The van der Waals surface area contributed by atoms with E-state index >= 15 is 0 Å². The molecular weight excluding hydrogens is 458 g/mol. The van der Waals surface area contributed by atoms with Gasteiger partial charge in [-0.15, -0.1) is 11.3 Å². The van der Waals surface area contributed by atoms with E-state index in [1.807, 2.05) is 60.8 Å². The summed E-state index contributed by atoms with van der Waals surface area (Å²) < 4.78 is 1.67. The minimum atomic E-state index is -0.128. The van der Waals surface area contributed by atoms with Crippen LogP contribution in [0.3, 0.4) is 0 Å². The van der Waals surface area contributed by atoms with Crippen molar-refractivity contribution in [1.29, 1.82) is 0 Å². The van der Waals surface area contributed by atoms with Crippen molar-refractivity contribution in [1.82, 2.24) is 4.98 Å². The number of thiazole rings is 1. The van der Waals surface area contributed by atoms with Crippen molar-refractivity contribution in [3.63, 3.8) is 0 Å². The van der Waals surface area contributed by atoms with Gasteiger partial charge in [0.2, 0.25) is 11.8 Å². The maximum Gasteiger partial charge on any atom is 0.234 e. The molecule has 0 aliphatic rings. The standard InChI is InChI=1S/C20H18BrN3O2S2/c1-13-5-7-15(8-6-13)22-19(26)12-28-20-24-17(11-27-20)10-18(25)23-16-4-2-3-14(21)9-16/h2-9,11H,10,12H2,1H3,(H,22,26)(H,23,25). The van der Waals surface area contributed by atoms with Gasteiger partial charge in [0, 0.05) is 21.2 Å². The molecule has 0 atom stereocenters. The van der Waals surface area contributed by atoms with Crippen LogP contribution < -0.4 is 10.6 Å². The minimum absolute atomic E-state index is 0.0852. The van der Waals surface area contributed by atoms with Crippen LogP contribution in [0.25, 0.3) is 0 Å². The van der Waals surface area contributed by atoms with Gasteiger partial charge >= 0.3 is 0 Å². The zero-order valence-electron chi connectivity index (χ0n) is 15.1. The van der Waals surface area contributed by atoms with Crippen LogP contribution in [0.2, 0.25) is 0 Å². The molecule has 0 fully saturated rings. The molecule has 2 amide bonds. The van der Waals surface area contributed by atoms with Crippen LogP contribution in [0, 0.1) is 6.92 Å². The highest BCUT2D eigenvalue weighted by molar-refractivity contribution is 9.10. The predicted molar refractivity (Wildman–Crippen MR) is 119 cm³/mol. The fourth-order valence-electron chi connectivity index (χ4n) is 2.33. The first-order chi connectivity index (χ1) is 13.5. The molecule has 0 aliphatic heterocycles. The van der Waals surface area contributed by atoms with E-state index < -0.39 is 0 Å². The topological polar surface area (TPSA) is 71.1 Å². The molecule has 0 unspecified atom stereocenters. The number of carbonyl (C=O) groups excluding carboxylic acids is 2.